The number of benzene rings is 2. The van der Waals surface area contributed by atoms with E-state index in [0.29, 0.717) is 22.2 Å². The standard InChI is InChI=1S/C14H11Cl2FO/c1-9-3-2-4-13(14(9)17)18-11-6-5-10(8-15)12(16)7-11/h2-7H,8H2,1H3. The normalized spacial score (nSPS) is 10.4. The maximum atomic E-state index is 13.8. The van der Waals surface area contributed by atoms with Crippen molar-refractivity contribution in [2.24, 2.45) is 0 Å². The SMILES string of the molecule is Cc1cccc(Oc2ccc(CCl)c(Cl)c2)c1F. The van der Waals surface area contributed by atoms with Gasteiger partial charge in [0, 0.05) is 10.9 Å². The van der Waals surface area contributed by atoms with E-state index in [-0.39, 0.29) is 11.6 Å². The average molecular weight is 285 g/mol. The third-order valence-electron chi connectivity index (χ3n) is 2.55. The lowest BCUT2D eigenvalue weighted by Crippen LogP contribution is -1.91. The zero-order chi connectivity index (χ0) is 13.1. The Morgan fingerprint density at radius 2 is 2.00 bits per heavy atom. The maximum absolute atomic E-state index is 13.8. The van der Waals surface area contributed by atoms with Crippen LogP contribution in [-0.2, 0) is 5.88 Å². The van der Waals surface area contributed by atoms with Crippen molar-refractivity contribution in [1.82, 2.24) is 0 Å². The Morgan fingerprint density at radius 3 is 2.67 bits per heavy atom. The second kappa shape index (κ2) is 5.59. The van der Waals surface area contributed by atoms with Crippen LogP contribution >= 0.6 is 23.2 Å². The van der Waals surface area contributed by atoms with Crippen LogP contribution in [0.25, 0.3) is 0 Å². The molecular weight excluding hydrogens is 274 g/mol. The first kappa shape index (κ1) is 13.2. The molecule has 0 aliphatic rings. The van der Waals surface area contributed by atoms with Crippen molar-refractivity contribution in [1.29, 1.82) is 0 Å². The van der Waals surface area contributed by atoms with Gasteiger partial charge in [-0.15, -0.1) is 11.6 Å². The number of hydrogen-bond acceptors (Lipinski definition) is 1. The smallest absolute Gasteiger partial charge is 0.168 e. The molecular formula is C14H11Cl2FO. The van der Waals surface area contributed by atoms with Crippen LogP contribution in [-0.4, -0.2) is 0 Å². The molecule has 0 radical (unpaired) electrons. The van der Waals surface area contributed by atoms with Gasteiger partial charge in [0.25, 0.3) is 0 Å². The predicted molar refractivity (Wildman–Crippen MR) is 72.2 cm³/mol. The average Bonchev–Trinajstić information content (AvgIpc) is 2.35. The van der Waals surface area contributed by atoms with Crippen LogP contribution in [0.3, 0.4) is 0 Å². The van der Waals surface area contributed by atoms with Crippen LogP contribution in [0.1, 0.15) is 11.1 Å². The van der Waals surface area contributed by atoms with Crippen molar-refractivity contribution in [3.05, 3.63) is 58.4 Å². The Bertz CT molecular complexity index is 570. The molecule has 0 aliphatic heterocycles. The Hall–Kier alpha value is -1.25. The van der Waals surface area contributed by atoms with E-state index in [0.717, 1.165) is 5.56 Å². The fraction of sp³-hybridized carbons (Fsp3) is 0.143. The summed E-state index contributed by atoms with van der Waals surface area (Å²) >= 11 is 11.7. The molecule has 94 valence electrons. The molecule has 0 spiro atoms. The minimum Gasteiger partial charge on any atom is -0.454 e. The minimum atomic E-state index is -0.366. The molecule has 0 bridgehead atoms. The third-order valence-corrected chi connectivity index (χ3v) is 3.19. The summed E-state index contributed by atoms with van der Waals surface area (Å²) in [7, 11) is 0. The first-order valence-electron chi connectivity index (χ1n) is 5.39. The number of halogens is 3. The van der Waals surface area contributed by atoms with Gasteiger partial charge in [-0.2, -0.15) is 0 Å². The molecule has 0 saturated heterocycles. The first-order chi connectivity index (χ1) is 8.61. The Morgan fingerprint density at radius 1 is 1.22 bits per heavy atom. The molecule has 18 heavy (non-hydrogen) atoms. The molecule has 4 heteroatoms. The lowest BCUT2D eigenvalue weighted by atomic mass is 10.2. The monoisotopic (exact) mass is 284 g/mol. The molecule has 0 atom stereocenters. The topological polar surface area (TPSA) is 9.23 Å². The predicted octanol–water partition coefficient (Wildman–Crippen LogP) is 5.32. The summed E-state index contributed by atoms with van der Waals surface area (Å²) in [6.45, 7) is 1.69. The lowest BCUT2D eigenvalue weighted by molar-refractivity contribution is 0.440. The molecule has 0 amide bonds. The number of hydrogen-bond donors (Lipinski definition) is 0. The minimum absolute atomic E-state index is 0.185. The van der Waals surface area contributed by atoms with Crippen LogP contribution in [0.4, 0.5) is 4.39 Å². The molecule has 1 nitrogen and oxygen atoms in total. The van der Waals surface area contributed by atoms with Crippen LogP contribution in [0.15, 0.2) is 36.4 Å². The Balaban J connectivity index is 2.29. The molecule has 2 aromatic carbocycles. The van der Waals surface area contributed by atoms with Gasteiger partial charge in [-0.3, -0.25) is 0 Å². The Kier molecular flexibility index (Phi) is 4.10. The maximum Gasteiger partial charge on any atom is 0.168 e. The van der Waals surface area contributed by atoms with Gasteiger partial charge < -0.3 is 4.74 Å². The summed E-state index contributed by atoms with van der Waals surface area (Å²) in [5.74, 6) is 0.635. The van der Waals surface area contributed by atoms with Crippen LogP contribution in [0.5, 0.6) is 11.5 Å². The van der Waals surface area contributed by atoms with Crippen LogP contribution < -0.4 is 4.74 Å². The van der Waals surface area contributed by atoms with Crippen molar-refractivity contribution in [3.8, 4) is 11.5 Å². The van der Waals surface area contributed by atoms with E-state index >= 15 is 0 Å². The van der Waals surface area contributed by atoms with Gasteiger partial charge in [0.05, 0.1) is 0 Å². The molecule has 0 N–H and O–H groups in total. The molecule has 0 fully saturated rings. The van der Waals surface area contributed by atoms with E-state index in [9.17, 15) is 4.39 Å². The molecule has 2 rings (SSSR count). The third kappa shape index (κ3) is 2.77. The van der Waals surface area contributed by atoms with Crippen LogP contribution in [0, 0.1) is 12.7 Å². The highest BCUT2D eigenvalue weighted by Gasteiger charge is 2.08. The zero-order valence-corrected chi connectivity index (χ0v) is 11.2. The molecule has 0 unspecified atom stereocenters. The van der Waals surface area contributed by atoms with Crippen molar-refractivity contribution in [3.63, 3.8) is 0 Å². The van der Waals surface area contributed by atoms with Gasteiger partial charge in [0.1, 0.15) is 5.75 Å². The highest BCUT2D eigenvalue weighted by molar-refractivity contribution is 6.32. The highest BCUT2D eigenvalue weighted by Crippen LogP contribution is 2.29. The largest absolute Gasteiger partial charge is 0.454 e. The van der Waals surface area contributed by atoms with Crippen molar-refractivity contribution in [2.75, 3.05) is 0 Å². The Labute approximate surface area is 115 Å². The van der Waals surface area contributed by atoms with E-state index in [1.165, 1.54) is 0 Å². The second-order valence-corrected chi connectivity index (χ2v) is 4.55. The van der Waals surface area contributed by atoms with Gasteiger partial charge in [0.2, 0.25) is 0 Å². The van der Waals surface area contributed by atoms with E-state index < -0.39 is 0 Å². The van der Waals surface area contributed by atoms with Crippen molar-refractivity contribution >= 4 is 23.2 Å². The number of aryl methyl sites for hydroxylation is 1. The second-order valence-electron chi connectivity index (χ2n) is 3.88. The number of alkyl halides is 1. The first-order valence-corrected chi connectivity index (χ1v) is 6.30. The van der Waals surface area contributed by atoms with E-state index in [1.54, 1.807) is 43.3 Å². The van der Waals surface area contributed by atoms with Gasteiger partial charge in [-0.1, -0.05) is 29.8 Å². The number of rotatable bonds is 3. The molecule has 2 aromatic rings. The van der Waals surface area contributed by atoms with Gasteiger partial charge in [-0.05, 0) is 36.2 Å². The molecule has 0 aromatic heterocycles. The molecule has 0 heterocycles. The van der Waals surface area contributed by atoms with Crippen molar-refractivity contribution < 1.29 is 9.13 Å². The number of ether oxygens (including phenoxy) is 1. The lowest BCUT2D eigenvalue weighted by Gasteiger charge is -2.09. The fourth-order valence-corrected chi connectivity index (χ4v) is 2.06. The quantitative estimate of drug-likeness (QED) is 0.693. The molecule has 0 aliphatic carbocycles. The molecule has 0 saturated carbocycles. The van der Waals surface area contributed by atoms with E-state index in [1.807, 2.05) is 0 Å². The summed E-state index contributed by atoms with van der Waals surface area (Å²) in [6, 6.07) is 10.1. The van der Waals surface area contributed by atoms with Gasteiger partial charge in [-0.25, -0.2) is 4.39 Å². The summed E-state index contributed by atoms with van der Waals surface area (Å²) in [5.41, 5.74) is 1.35. The summed E-state index contributed by atoms with van der Waals surface area (Å²) in [5, 5.41) is 0.510. The van der Waals surface area contributed by atoms with E-state index in [4.69, 9.17) is 27.9 Å². The summed E-state index contributed by atoms with van der Waals surface area (Å²) in [4.78, 5) is 0. The van der Waals surface area contributed by atoms with Crippen molar-refractivity contribution in [2.45, 2.75) is 12.8 Å². The summed E-state index contributed by atoms with van der Waals surface area (Å²) < 4.78 is 19.2. The van der Waals surface area contributed by atoms with Crippen LogP contribution in [0.2, 0.25) is 5.02 Å². The van der Waals surface area contributed by atoms with Gasteiger partial charge in [0.15, 0.2) is 11.6 Å². The van der Waals surface area contributed by atoms with Gasteiger partial charge >= 0.3 is 0 Å². The van der Waals surface area contributed by atoms with E-state index in [2.05, 4.69) is 0 Å². The summed E-state index contributed by atoms with van der Waals surface area (Å²) in [6.07, 6.45) is 0. The fourth-order valence-electron chi connectivity index (χ4n) is 1.53. The zero-order valence-electron chi connectivity index (χ0n) is 9.71. The highest BCUT2D eigenvalue weighted by atomic mass is 35.5.